The first-order valence-corrected chi connectivity index (χ1v) is 6.50. The maximum atomic E-state index is 5.88. The Labute approximate surface area is 93.2 Å². The van der Waals surface area contributed by atoms with Gasteiger partial charge in [-0.25, -0.2) is 0 Å². The molecule has 0 aromatic heterocycles. The lowest BCUT2D eigenvalue weighted by Gasteiger charge is -2.28. The van der Waals surface area contributed by atoms with E-state index in [2.05, 4.69) is 10.2 Å². The number of rotatable bonds is 4. The van der Waals surface area contributed by atoms with Crippen LogP contribution in [0.1, 0.15) is 32.1 Å². The molecule has 1 atom stereocenters. The summed E-state index contributed by atoms with van der Waals surface area (Å²) in [6.07, 6.45) is 7.17. The molecule has 1 unspecified atom stereocenters. The molecule has 0 aromatic rings. The Balaban J connectivity index is 1.53. The predicted octanol–water partition coefficient (Wildman–Crippen LogP) is 1.24. The topological polar surface area (TPSA) is 24.5 Å². The van der Waals surface area contributed by atoms with Gasteiger partial charge in [-0.1, -0.05) is 6.42 Å². The highest BCUT2D eigenvalue weighted by atomic mass is 16.5. The molecule has 3 heteroatoms. The van der Waals surface area contributed by atoms with Crippen LogP contribution in [0.15, 0.2) is 0 Å². The molecule has 1 N–H and O–H groups in total. The van der Waals surface area contributed by atoms with E-state index in [4.69, 9.17) is 4.74 Å². The first kappa shape index (κ1) is 11.4. The van der Waals surface area contributed by atoms with Crippen LogP contribution in [0, 0.1) is 0 Å². The quantitative estimate of drug-likeness (QED) is 0.759. The van der Waals surface area contributed by atoms with Crippen molar-refractivity contribution < 1.29 is 4.74 Å². The highest BCUT2D eigenvalue weighted by molar-refractivity contribution is 4.69. The third-order valence-electron chi connectivity index (χ3n) is 3.46. The molecule has 0 aromatic carbocycles. The van der Waals surface area contributed by atoms with E-state index < -0.39 is 0 Å². The van der Waals surface area contributed by atoms with Gasteiger partial charge in [-0.05, 0) is 45.3 Å². The average molecular weight is 212 g/mol. The van der Waals surface area contributed by atoms with Gasteiger partial charge < -0.3 is 15.0 Å². The number of hydrogen-bond acceptors (Lipinski definition) is 3. The van der Waals surface area contributed by atoms with E-state index in [9.17, 15) is 0 Å². The van der Waals surface area contributed by atoms with Gasteiger partial charge in [-0.3, -0.25) is 0 Å². The van der Waals surface area contributed by atoms with Gasteiger partial charge in [-0.2, -0.15) is 0 Å². The second-order valence-electron chi connectivity index (χ2n) is 4.74. The van der Waals surface area contributed by atoms with Crippen molar-refractivity contribution in [3.8, 4) is 0 Å². The van der Waals surface area contributed by atoms with Crippen LogP contribution in [0.3, 0.4) is 0 Å². The van der Waals surface area contributed by atoms with Gasteiger partial charge >= 0.3 is 0 Å². The molecule has 15 heavy (non-hydrogen) atoms. The van der Waals surface area contributed by atoms with E-state index in [1.165, 1.54) is 51.7 Å². The maximum absolute atomic E-state index is 5.88. The van der Waals surface area contributed by atoms with Crippen molar-refractivity contribution in [3.05, 3.63) is 0 Å². The van der Waals surface area contributed by atoms with Gasteiger partial charge in [0.2, 0.25) is 0 Å². The zero-order valence-electron chi connectivity index (χ0n) is 9.71. The van der Waals surface area contributed by atoms with Gasteiger partial charge in [0.15, 0.2) is 0 Å². The second-order valence-corrected chi connectivity index (χ2v) is 4.74. The van der Waals surface area contributed by atoms with Crippen molar-refractivity contribution in [3.63, 3.8) is 0 Å². The molecule has 2 fully saturated rings. The summed E-state index contributed by atoms with van der Waals surface area (Å²) in [7, 11) is 0. The first-order chi connectivity index (χ1) is 7.45. The summed E-state index contributed by atoms with van der Waals surface area (Å²) in [5, 5.41) is 3.38. The lowest BCUT2D eigenvalue weighted by molar-refractivity contribution is 0.0214. The second kappa shape index (κ2) is 6.46. The summed E-state index contributed by atoms with van der Waals surface area (Å²) >= 11 is 0. The molecule has 3 nitrogen and oxygen atoms in total. The van der Waals surface area contributed by atoms with Gasteiger partial charge in [0.25, 0.3) is 0 Å². The van der Waals surface area contributed by atoms with Crippen LogP contribution in [0.5, 0.6) is 0 Å². The number of piperidine rings is 2. The van der Waals surface area contributed by atoms with Gasteiger partial charge in [0.05, 0.1) is 12.7 Å². The summed E-state index contributed by atoms with van der Waals surface area (Å²) in [6.45, 7) is 6.85. The third-order valence-corrected chi connectivity index (χ3v) is 3.46. The zero-order valence-corrected chi connectivity index (χ0v) is 9.71. The van der Waals surface area contributed by atoms with Crippen molar-refractivity contribution in [1.82, 2.24) is 10.2 Å². The largest absolute Gasteiger partial charge is 0.376 e. The highest BCUT2D eigenvalue weighted by Crippen LogP contribution is 2.09. The van der Waals surface area contributed by atoms with E-state index in [1.807, 2.05) is 0 Å². The van der Waals surface area contributed by atoms with Crippen molar-refractivity contribution in [2.75, 3.05) is 39.3 Å². The zero-order chi connectivity index (χ0) is 10.3. The van der Waals surface area contributed by atoms with Crippen molar-refractivity contribution in [2.45, 2.75) is 38.2 Å². The molecule has 2 aliphatic rings. The Morgan fingerprint density at radius 3 is 2.73 bits per heavy atom. The van der Waals surface area contributed by atoms with Crippen LogP contribution >= 0.6 is 0 Å². The molecule has 0 saturated carbocycles. The highest BCUT2D eigenvalue weighted by Gasteiger charge is 2.14. The number of hydrogen-bond donors (Lipinski definition) is 1. The fourth-order valence-electron chi connectivity index (χ4n) is 2.49. The molecular weight excluding hydrogens is 188 g/mol. The minimum atomic E-state index is 0.476. The van der Waals surface area contributed by atoms with Crippen LogP contribution < -0.4 is 5.32 Å². The molecule has 2 aliphatic heterocycles. The molecular formula is C12H24N2O. The standard InChI is InChI=1S/C12H24N2O/c1-2-7-14(8-3-1)9-10-15-12-5-4-6-13-11-12/h12-13H,1-11H2. The van der Waals surface area contributed by atoms with Crippen LogP contribution in [-0.4, -0.2) is 50.3 Å². The molecule has 0 bridgehead atoms. The van der Waals surface area contributed by atoms with E-state index in [-0.39, 0.29) is 0 Å². The summed E-state index contributed by atoms with van der Waals surface area (Å²) in [6, 6.07) is 0. The smallest absolute Gasteiger partial charge is 0.0700 e. The summed E-state index contributed by atoms with van der Waals surface area (Å²) in [5.41, 5.74) is 0. The number of nitrogens with one attached hydrogen (secondary N) is 1. The fourth-order valence-corrected chi connectivity index (χ4v) is 2.49. The van der Waals surface area contributed by atoms with Crippen LogP contribution in [0.25, 0.3) is 0 Å². The lowest BCUT2D eigenvalue weighted by atomic mass is 10.1. The summed E-state index contributed by atoms with van der Waals surface area (Å²) in [4.78, 5) is 2.54. The first-order valence-electron chi connectivity index (χ1n) is 6.50. The predicted molar refractivity (Wildman–Crippen MR) is 62.1 cm³/mol. The van der Waals surface area contributed by atoms with Crippen LogP contribution in [0.4, 0.5) is 0 Å². The van der Waals surface area contributed by atoms with E-state index in [0.717, 1.165) is 19.7 Å². The molecule has 2 saturated heterocycles. The number of nitrogens with zero attached hydrogens (tertiary/aromatic N) is 1. The van der Waals surface area contributed by atoms with Crippen molar-refractivity contribution >= 4 is 0 Å². The number of ether oxygens (including phenoxy) is 1. The lowest BCUT2D eigenvalue weighted by Crippen LogP contribution is -2.38. The van der Waals surface area contributed by atoms with E-state index >= 15 is 0 Å². The molecule has 0 radical (unpaired) electrons. The summed E-state index contributed by atoms with van der Waals surface area (Å²) in [5.74, 6) is 0. The molecule has 88 valence electrons. The van der Waals surface area contributed by atoms with Gasteiger partial charge in [-0.15, -0.1) is 0 Å². The Morgan fingerprint density at radius 1 is 1.13 bits per heavy atom. The molecule has 0 spiro atoms. The summed E-state index contributed by atoms with van der Waals surface area (Å²) < 4.78 is 5.88. The average Bonchev–Trinajstić information content (AvgIpc) is 2.32. The SMILES string of the molecule is C1CCN(CCOC2CCCNC2)CC1. The maximum Gasteiger partial charge on any atom is 0.0700 e. The van der Waals surface area contributed by atoms with E-state index in [0.29, 0.717) is 6.10 Å². The molecule has 2 heterocycles. The van der Waals surface area contributed by atoms with Gasteiger partial charge in [0.1, 0.15) is 0 Å². The Hall–Kier alpha value is -0.120. The molecule has 0 aliphatic carbocycles. The van der Waals surface area contributed by atoms with E-state index in [1.54, 1.807) is 0 Å². The normalized spacial score (nSPS) is 29.2. The van der Waals surface area contributed by atoms with Crippen molar-refractivity contribution in [1.29, 1.82) is 0 Å². The Bertz CT molecular complexity index is 145. The van der Waals surface area contributed by atoms with Crippen LogP contribution in [-0.2, 0) is 4.74 Å². The molecule has 0 amide bonds. The third kappa shape index (κ3) is 4.09. The molecule has 2 rings (SSSR count). The Kier molecular flexibility index (Phi) is 4.90. The van der Waals surface area contributed by atoms with Gasteiger partial charge in [0, 0.05) is 13.1 Å². The van der Waals surface area contributed by atoms with Crippen molar-refractivity contribution in [2.24, 2.45) is 0 Å². The number of likely N-dealkylation sites (tertiary alicyclic amines) is 1. The monoisotopic (exact) mass is 212 g/mol. The fraction of sp³-hybridized carbons (Fsp3) is 1.00. The minimum Gasteiger partial charge on any atom is -0.376 e. The van der Waals surface area contributed by atoms with Crippen LogP contribution in [0.2, 0.25) is 0 Å². The Morgan fingerprint density at radius 2 is 2.00 bits per heavy atom. The minimum absolute atomic E-state index is 0.476.